The Morgan fingerprint density at radius 3 is 2.81 bits per heavy atom. The van der Waals surface area contributed by atoms with Gasteiger partial charge >= 0.3 is 0 Å². The van der Waals surface area contributed by atoms with Crippen LogP contribution in [0.4, 0.5) is 0 Å². The lowest BCUT2D eigenvalue weighted by Gasteiger charge is -2.15. The van der Waals surface area contributed by atoms with Crippen LogP contribution in [0.1, 0.15) is 26.3 Å². The molecule has 0 aliphatic heterocycles. The van der Waals surface area contributed by atoms with Gasteiger partial charge in [-0.15, -0.1) is 0 Å². The van der Waals surface area contributed by atoms with E-state index in [1.807, 2.05) is 31.2 Å². The summed E-state index contributed by atoms with van der Waals surface area (Å²) in [4.78, 5) is 11.8. The number of amides is 1. The zero-order valence-electron chi connectivity index (χ0n) is 12.8. The van der Waals surface area contributed by atoms with Crippen LogP contribution in [0.25, 0.3) is 0 Å². The Kier molecular flexibility index (Phi) is 7.27. The van der Waals surface area contributed by atoms with Crippen molar-refractivity contribution in [2.45, 2.75) is 33.4 Å². The van der Waals surface area contributed by atoms with Crippen LogP contribution in [0.3, 0.4) is 0 Å². The lowest BCUT2D eigenvalue weighted by Crippen LogP contribution is -2.42. The molecule has 2 N–H and O–H groups in total. The third-order valence-electron chi connectivity index (χ3n) is 2.89. The first-order valence-electron chi connectivity index (χ1n) is 7.12. The van der Waals surface area contributed by atoms with E-state index in [4.69, 9.17) is 10.00 Å². The molecule has 1 aromatic rings. The van der Waals surface area contributed by atoms with Crippen molar-refractivity contribution in [3.63, 3.8) is 0 Å². The second kappa shape index (κ2) is 8.98. The molecule has 0 spiro atoms. The van der Waals surface area contributed by atoms with E-state index in [2.05, 4.69) is 24.5 Å². The third-order valence-corrected chi connectivity index (χ3v) is 2.89. The van der Waals surface area contributed by atoms with Crippen LogP contribution in [0.5, 0.6) is 5.75 Å². The van der Waals surface area contributed by atoms with Crippen LogP contribution >= 0.6 is 0 Å². The van der Waals surface area contributed by atoms with Gasteiger partial charge in [-0.25, -0.2) is 0 Å². The minimum absolute atomic E-state index is 0.000542. The highest BCUT2D eigenvalue weighted by Gasteiger charge is 2.12. The van der Waals surface area contributed by atoms with Crippen molar-refractivity contribution in [1.29, 1.82) is 5.26 Å². The SMILES string of the molecule is CC(C)CNC(=O)C(C)NCc1cccc(OCC#N)c1. The highest BCUT2D eigenvalue weighted by atomic mass is 16.5. The van der Waals surface area contributed by atoms with Gasteiger partial charge in [-0.2, -0.15) is 5.26 Å². The zero-order valence-corrected chi connectivity index (χ0v) is 12.8. The van der Waals surface area contributed by atoms with Gasteiger partial charge in [0, 0.05) is 13.1 Å². The summed E-state index contributed by atoms with van der Waals surface area (Å²) >= 11 is 0. The third kappa shape index (κ3) is 6.77. The van der Waals surface area contributed by atoms with Gasteiger partial charge in [0.1, 0.15) is 11.8 Å². The predicted octanol–water partition coefficient (Wildman–Crippen LogP) is 1.84. The largest absolute Gasteiger partial charge is 0.479 e. The summed E-state index contributed by atoms with van der Waals surface area (Å²) in [6, 6.07) is 9.16. The fourth-order valence-electron chi connectivity index (χ4n) is 1.68. The Morgan fingerprint density at radius 2 is 2.14 bits per heavy atom. The number of benzene rings is 1. The molecule has 21 heavy (non-hydrogen) atoms. The molecule has 0 saturated heterocycles. The molecule has 0 heterocycles. The highest BCUT2D eigenvalue weighted by molar-refractivity contribution is 5.81. The second-order valence-electron chi connectivity index (χ2n) is 5.34. The number of nitriles is 1. The average Bonchev–Trinajstić information content (AvgIpc) is 2.48. The fourth-order valence-corrected chi connectivity index (χ4v) is 1.68. The number of nitrogens with zero attached hydrogens (tertiary/aromatic N) is 1. The molecule has 5 nitrogen and oxygen atoms in total. The summed E-state index contributed by atoms with van der Waals surface area (Å²) in [6.45, 7) is 7.25. The molecule has 0 radical (unpaired) electrons. The van der Waals surface area contributed by atoms with Crippen LogP contribution in [-0.2, 0) is 11.3 Å². The van der Waals surface area contributed by atoms with Gasteiger partial charge in [0.05, 0.1) is 6.04 Å². The highest BCUT2D eigenvalue weighted by Crippen LogP contribution is 2.13. The smallest absolute Gasteiger partial charge is 0.236 e. The van der Waals surface area contributed by atoms with Crippen molar-refractivity contribution < 1.29 is 9.53 Å². The minimum atomic E-state index is -0.257. The predicted molar refractivity (Wildman–Crippen MR) is 81.7 cm³/mol. The molecule has 0 bridgehead atoms. The van der Waals surface area contributed by atoms with Gasteiger partial charge < -0.3 is 15.4 Å². The van der Waals surface area contributed by atoms with Crippen LogP contribution in [0.15, 0.2) is 24.3 Å². The molecule has 5 heteroatoms. The van der Waals surface area contributed by atoms with Crippen LogP contribution < -0.4 is 15.4 Å². The second-order valence-corrected chi connectivity index (χ2v) is 5.34. The molecule has 1 aromatic carbocycles. The number of hydrogen-bond acceptors (Lipinski definition) is 4. The van der Waals surface area contributed by atoms with Gasteiger partial charge in [0.25, 0.3) is 0 Å². The van der Waals surface area contributed by atoms with Crippen molar-refractivity contribution in [3.8, 4) is 11.8 Å². The first kappa shape index (κ1) is 17.0. The van der Waals surface area contributed by atoms with Crippen molar-refractivity contribution in [2.24, 2.45) is 5.92 Å². The summed E-state index contributed by atoms with van der Waals surface area (Å²) in [5, 5.41) is 14.6. The van der Waals surface area contributed by atoms with E-state index < -0.39 is 0 Å². The Hall–Kier alpha value is -2.06. The molecule has 0 aliphatic carbocycles. The molecule has 0 saturated carbocycles. The van der Waals surface area contributed by atoms with Gasteiger partial charge in [-0.05, 0) is 30.5 Å². The summed E-state index contributed by atoms with van der Waals surface area (Å²) in [5.41, 5.74) is 1.01. The van der Waals surface area contributed by atoms with Gasteiger partial charge in [0.15, 0.2) is 6.61 Å². The molecule has 0 aliphatic rings. The molecule has 114 valence electrons. The number of nitrogens with one attached hydrogen (secondary N) is 2. The summed E-state index contributed by atoms with van der Waals surface area (Å²) in [7, 11) is 0. The topological polar surface area (TPSA) is 74.2 Å². The fraction of sp³-hybridized carbons (Fsp3) is 0.500. The Labute approximate surface area is 126 Å². The maximum atomic E-state index is 11.8. The quantitative estimate of drug-likeness (QED) is 0.766. The summed E-state index contributed by atoms with van der Waals surface area (Å²) in [6.07, 6.45) is 0. The number of rotatable bonds is 8. The normalized spacial score (nSPS) is 11.8. The maximum Gasteiger partial charge on any atom is 0.236 e. The molecule has 1 rings (SSSR count). The van der Waals surface area contributed by atoms with Crippen molar-refractivity contribution in [3.05, 3.63) is 29.8 Å². The van der Waals surface area contributed by atoms with Gasteiger partial charge in [-0.3, -0.25) is 4.79 Å². The molecule has 0 fully saturated rings. The average molecular weight is 289 g/mol. The van der Waals surface area contributed by atoms with Crippen molar-refractivity contribution >= 4 is 5.91 Å². The molecule has 1 unspecified atom stereocenters. The molecule has 0 aromatic heterocycles. The van der Waals surface area contributed by atoms with Crippen LogP contribution in [0, 0.1) is 17.2 Å². The van der Waals surface area contributed by atoms with E-state index in [1.54, 1.807) is 6.07 Å². The van der Waals surface area contributed by atoms with Crippen LogP contribution in [-0.4, -0.2) is 25.1 Å². The monoisotopic (exact) mass is 289 g/mol. The Balaban J connectivity index is 2.43. The number of carbonyl (C=O) groups is 1. The standard InChI is InChI=1S/C16H23N3O2/c1-12(2)10-19-16(20)13(3)18-11-14-5-4-6-15(9-14)21-8-7-17/h4-6,9,12-13,18H,8,10-11H2,1-3H3,(H,19,20). The summed E-state index contributed by atoms with van der Waals surface area (Å²) < 4.78 is 5.25. The molecular weight excluding hydrogens is 266 g/mol. The lowest BCUT2D eigenvalue weighted by molar-refractivity contribution is -0.122. The molecule has 1 amide bonds. The van der Waals surface area contributed by atoms with Crippen LogP contribution in [0.2, 0.25) is 0 Å². The van der Waals surface area contributed by atoms with E-state index in [0.717, 1.165) is 5.56 Å². The minimum Gasteiger partial charge on any atom is -0.479 e. The maximum absolute atomic E-state index is 11.8. The molecule has 1 atom stereocenters. The number of hydrogen-bond donors (Lipinski definition) is 2. The number of ether oxygens (including phenoxy) is 1. The van der Waals surface area contributed by atoms with Crippen molar-refractivity contribution in [2.75, 3.05) is 13.2 Å². The lowest BCUT2D eigenvalue weighted by atomic mass is 10.2. The Morgan fingerprint density at radius 1 is 1.38 bits per heavy atom. The number of carbonyl (C=O) groups excluding carboxylic acids is 1. The summed E-state index contributed by atoms with van der Waals surface area (Å²) in [5.74, 6) is 1.10. The Bertz CT molecular complexity index is 495. The zero-order chi connectivity index (χ0) is 15.7. The van der Waals surface area contributed by atoms with E-state index in [1.165, 1.54) is 0 Å². The van der Waals surface area contributed by atoms with E-state index >= 15 is 0 Å². The van der Waals surface area contributed by atoms with Crippen molar-refractivity contribution in [1.82, 2.24) is 10.6 Å². The van der Waals surface area contributed by atoms with E-state index in [-0.39, 0.29) is 18.6 Å². The van der Waals surface area contributed by atoms with Gasteiger partial charge in [-0.1, -0.05) is 26.0 Å². The molecular formula is C16H23N3O2. The van der Waals surface area contributed by atoms with E-state index in [9.17, 15) is 4.79 Å². The van der Waals surface area contributed by atoms with E-state index in [0.29, 0.717) is 24.8 Å². The van der Waals surface area contributed by atoms with Gasteiger partial charge in [0.2, 0.25) is 5.91 Å². The first-order chi connectivity index (χ1) is 10.0. The first-order valence-corrected chi connectivity index (χ1v) is 7.12.